The summed E-state index contributed by atoms with van der Waals surface area (Å²) in [4.78, 5) is 36.7. The summed E-state index contributed by atoms with van der Waals surface area (Å²) in [6, 6.07) is 8.19. The molecule has 3 aromatic rings. The van der Waals surface area contributed by atoms with Crippen molar-refractivity contribution >= 4 is 17.8 Å². The van der Waals surface area contributed by atoms with Crippen molar-refractivity contribution in [1.82, 2.24) is 24.6 Å². The van der Waals surface area contributed by atoms with Crippen LogP contribution < -0.4 is 10.1 Å². The molecule has 3 aromatic heterocycles. The highest BCUT2D eigenvalue weighted by Crippen LogP contribution is 2.40. The molecule has 254 valence electrons. The van der Waals surface area contributed by atoms with Crippen LogP contribution in [0, 0.1) is 23.2 Å². The molecular formula is C36H45N7O5. The van der Waals surface area contributed by atoms with Gasteiger partial charge in [-0.05, 0) is 101 Å². The highest BCUT2D eigenvalue weighted by Gasteiger charge is 2.34. The Kier molecular flexibility index (Phi) is 10.2. The Balaban J connectivity index is 1.14. The van der Waals surface area contributed by atoms with Gasteiger partial charge in [0.1, 0.15) is 18.0 Å². The zero-order valence-electron chi connectivity index (χ0n) is 28.0. The molecule has 2 saturated carbocycles. The Morgan fingerprint density at radius 3 is 2.48 bits per heavy atom. The molecule has 6 rings (SSSR count). The van der Waals surface area contributed by atoms with Crippen LogP contribution in [0.25, 0.3) is 11.1 Å². The number of pyridine rings is 2. The number of nitrogens with zero attached hydrogens (tertiary/aromatic N) is 6. The predicted octanol–water partition coefficient (Wildman–Crippen LogP) is 5.63. The number of aromatic nitrogens is 4. The van der Waals surface area contributed by atoms with Gasteiger partial charge < -0.3 is 24.8 Å². The number of rotatable bonds is 9. The van der Waals surface area contributed by atoms with Gasteiger partial charge in [-0.3, -0.25) is 9.48 Å². The van der Waals surface area contributed by atoms with Gasteiger partial charge in [0.05, 0.1) is 32.5 Å². The number of carbonyl (C=O) groups excluding carboxylic acids is 2. The van der Waals surface area contributed by atoms with E-state index >= 15 is 0 Å². The molecule has 4 heterocycles. The van der Waals surface area contributed by atoms with E-state index in [9.17, 15) is 20.0 Å². The zero-order valence-corrected chi connectivity index (χ0v) is 28.0. The number of β-amino-alcohol motifs (C(OH)–C–C–N with tert-alkyl or cyclic N) is 1. The average molecular weight is 656 g/mol. The smallest absolute Gasteiger partial charge is 0.410 e. The summed E-state index contributed by atoms with van der Waals surface area (Å²) in [6.45, 7) is 4.81. The van der Waals surface area contributed by atoms with Crippen molar-refractivity contribution in [3.8, 4) is 22.9 Å². The van der Waals surface area contributed by atoms with E-state index in [-0.39, 0.29) is 36.0 Å². The number of ether oxygens (including phenoxy) is 2. The van der Waals surface area contributed by atoms with Crippen LogP contribution in [-0.4, -0.2) is 74.2 Å². The SMILES string of the molecule is COc1ccc(C2CCC(Cc3c(-c4cnn(C(C)C)c4)ccnc3NC(=O)C3CCC(OC(=O)N4CC(O)C4)CC3)CC2)nc1C#N. The van der Waals surface area contributed by atoms with Gasteiger partial charge in [-0.1, -0.05) is 0 Å². The standard InChI is InChI=1S/C36H45N7O5/c1-22(2)43-19-26(18-39-43)29-14-15-38-34(41-35(45)25-8-10-28(11-9-25)48-36(46)42-20-27(44)21-42)30(29)16-23-4-6-24(7-5-23)31-12-13-33(47-3)32(17-37)40-31/h12-15,18-19,22-25,27-28,44H,4-11,16,20-21H2,1-3H3,(H,38,41,45). The highest BCUT2D eigenvalue weighted by molar-refractivity contribution is 5.93. The third-order valence-corrected chi connectivity index (χ3v) is 10.1. The maximum atomic E-state index is 13.6. The van der Waals surface area contributed by atoms with Crippen LogP contribution in [0.3, 0.4) is 0 Å². The molecule has 3 fully saturated rings. The first-order valence-electron chi connectivity index (χ1n) is 17.1. The predicted molar refractivity (Wildman–Crippen MR) is 178 cm³/mol. The third-order valence-electron chi connectivity index (χ3n) is 10.1. The summed E-state index contributed by atoms with van der Waals surface area (Å²) in [6.07, 6.45) is 11.8. The monoisotopic (exact) mass is 655 g/mol. The fraction of sp³-hybridized carbons (Fsp3) is 0.556. The summed E-state index contributed by atoms with van der Waals surface area (Å²) in [5, 5.41) is 26.8. The first-order valence-corrected chi connectivity index (χ1v) is 17.1. The molecule has 0 atom stereocenters. The molecule has 2 N–H and O–H groups in total. The molecule has 3 aliphatic rings. The van der Waals surface area contributed by atoms with Crippen LogP contribution in [-0.2, 0) is 16.0 Å². The number of aliphatic hydroxyl groups excluding tert-OH is 1. The van der Waals surface area contributed by atoms with E-state index in [2.05, 4.69) is 41.5 Å². The van der Waals surface area contributed by atoms with Gasteiger partial charge in [0.15, 0.2) is 11.4 Å². The lowest BCUT2D eigenvalue weighted by atomic mass is 9.77. The summed E-state index contributed by atoms with van der Waals surface area (Å²) in [5.41, 5.74) is 4.30. The van der Waals surface area contributed by atoms with Crippen LogP contribution in [0.15, 0.2) is 36.8 Å². The maximum Gasteiger partial charge on any atom is 0.410 e. The quantitative estimate of drug-likeness (QED) is 0.298. The summed E-state index contributed by atoms with van der Waals surface area (Å²) < 4.78 is 12.9. The minimum absolute atomic E-state index is 0.0583. The van der Waals surface area contributed by atoms with E-state index < -0.39 is 6.10 Å². The first-order chi connectivity index (χ1) is 23.2. The molecule has 0 bridgehead atoms. The van der Waals surface area contributed by atoms with Gasteiger partial charge in [-0.2, -0.15) is 10.4 Å². The molecule has 1 aliphatic heterocycles. The number of amides is 2. The second-order valence-corrected chi connectivity index (χ2v) is 13.7. The van der Waals surface area contributed by atoms with Crippen molar-refractivity contribution in [2.24, 2.45) is 11.8 Å². The molecule has 2 amide bonds. The number of hydrogen-bond donors (Lipinski definition) is 2. The van der Waals surface area contributed by atoms with E-state index in [4.69, 9.17) is 14.5 Å². The Morgan fingerprint density at radius 1 is 1.08 bits per heavy atom. The Labute approximate surface area is 281 Å². The number of hydrogen-bond acceptors (Lipinski definition) is 9. The molecule has 48 heavy (non-hydrogen) atoms. The van der Waals surface area contributed by atoms with Crippen LogP contribution in [0.4, 0.5) is 10.6 Å². The van der Waals surface area contributed by atoms with Crippen LogP contribution in [0.1, 0.15) is 94.1 Å². The number of nitriles is 1. The number of nitrogens with one attached hydrogen (secondary N) is 1. The van der Waals surface area contributed by atoms with Crippen LogP contribution in [0.2, 0.25) is 0 Å². The Morgan fingerprint density at radius 2 is 1.83 bits per heavy atom. The largest absolute Gasteiger partial charge is 0.494 e. The number of anilines is 1. The molecule has 0 spiro atoms. The number of carbonyl (C=O) groups is 2. The molecule has 1 saturated heterocycles. The average Bonchev–Trinajstić information content (AvgIpc) is 3.59. The summed E-state index contributed by atoms with van der Waals surface area (Å²) in [5.74, 6) is 1.51. The van der Waals surface area contributed by atoms with E-state index in [0.29, 0.717) is 62.0 Å². The topological polar surface area (TPSA) is 155 Å². The lowest BCUT2D eigenvalue weighted by molar-refractivity contribution is -0.121. The van der Waals surface area contributed by atoms with Crippen molar-refractivity contribution in [1.29, 1.82) is 5.26 Å². The van der Waals surface area contributed by atoms with Crippen LogP contribution >= 0.6 is 0 Å². The van der Waals surface area contributed by atoms with Crippen LogP contribution in [0.5, 0.6) is 5.75 Å². The van der Waals surface area contributed by atoms with E-state index in [1.165, 1.54) is 4.90 Å². The molecule has 2 aliphatic carbocycles. The van der Waals surface area contributed by atoms with Gasteiger partial charge in [0.2, 0.25) is 5.91 Å². The van der Waals surface area contributed by atoms with Gasteiger partial charge in [-0.15, -0.1) is 0 Å². The van der Waals surface area contributed by atoms with Crippen molar-refractivity contribution in [2.75, 3.05) is 25.5 Å². The molecule has 0 unspecified atom stereocenters. The minimum atomic E-state index is -0.467. The third kappa shape index (κ3) is 7.46. The second-order valence-electron chi connectivity index (χ2n) is 13.7. The number of aliphatic hydroxyl groups is 1. The van der Waals surface area contributed by atoms with Gasteiger partial charge >= 0.3 is 6.09 Å². The van der Waals surface area contributed by atoms with E-state index in [1.807, 2.05) is 29.1 Å². The van der Waals surface area contributed by atoms with E-state index in [1.54, 1.807) is 13.3 Å². The fourth-order valence-electron chi connectivity index (χ4n) is 7.20. The molecule has 12 nitrogen and oxygen atoms in total. The fourth-order valence-corrected chi connectivity index (χ4v) is 7.20. The molecule has 12 heteroatoms. The lowest BCUT2D eigenvalue weighted by Gasteiger charge is -2.36. The minimum Gasteiger partial charge on any atom is -0.494 e. The molecule has 0 radical (unpaired) electrons. The first kappa shape index (κ1) is 33.4. The van der Waals surface area contributed by atoms with E-state index in [0.717, 1.165) is 54.5 Å². The van der Waals surface area contributed by atoms with Gasteiger partial charge in [0, 0.05) is 47.1 Å². The molecular weight excluding hydrogens is 610 g/mol. The maximum absolute atomic E-state index is 13.6. The van der Waals surface area contributed by atoms with Crippen molar-refractivity contribution < 1.29 is 24.2 Å². The van der Waals surface area contributed by atoms with Crippen molar-refractivity contribution in [3.05, 3.63) is 53.7 Å². The van der Waals surface area contributed by atoms with Crippen molar-refractivity contribution in [3.63, 3.8) is 0 Å². The highest BCUT2D eigenvalue weighted by atomic mass is 16.6. The number of methoxy groups -OCH3 is 1. The normalized spacial score (nSPS) is 22.9. The van der Waals surface area contributed by atoms with Crippen molar-refractivity contribution in [2.45, 2.75) is 95.8 Å². The Hall–Kier alpha value is -4.50. The Bertz CT molecular complexity index is 1640. The lowest BCUT2D eigenvalue weighted by Crippen LogP contribution is -2.54. The zero-order chi connectivity index (χ0) is 33.8. The number of likely N-dealkylation sites (tertiary alicyclic amines) is 1. The van der Waals surface area contributed by atoms with Gasteiger partial charge in [-0.25, -0.2) is 14.8 Å². The summed E-state index contributed by atoms with van der Waals surface area (Å²) >= 11 is 0. The summed E-state index contributed by atoms with van der Waals surface area (Å²) in [7, 11) is 1.55. The molecule has 0 aromatic carbocycles. The van der Waals surface area contributed by atoms with Gasteiger partial charge in [0.25, 0.3) is 0 Å². The second kappa shape index (κ2) is 14.7.